The Hall–Kier alpha value is -2.05. The van der Waals surface area contributed by atoms with Crippen molar-refractivity contribution in [3.8, 4) is 11.5 Å². The van der Waals surface area contributed by atoms with E-state index in [1.54, 1.807) is 25.3 Å². The molecule has 1 N–H and O–H groups in total. The minimum absolute atomic E-state index is 0.179. The molecule has 5 nitrogen and oxygen atoms in total. The first-order valence-corrected chi connectivity index (χ1v) is 7.79. The highest BCUT2D eigenvalue weighted by Gasteiger charge is 2.05. The van der Waals surface area contributed by atoms with Gasteiger partial charge >= 0.3 is 0 Å². The summed E-state index contributed by atoms with van der Waals surface area (Å²) in [6, 6.07) is 12.4. The molecule has 0 aliphatic heterocycles. The summed E-state index contributed by atoms with van der Waals surface area (Å²) in [7, 11) is 1.60. The van der Waals surface area contributed by atoms with E-state index in [9.17, 15) is 4.79 Å². The molecule has 120 valence electrons. The number of hydrogen-bond acceptors (Lipinski definition) is 4. The molecule has 0 aliphatic carbocycles. The fourth-order valence-electron chi connectivity index (χ4n) is 1.64. The molecular formula is C16H14BrClN2O3. The number of nitrogens with zero attached hydrogens (tertiary/aromatic N) is 1. The van der Waals surface area contributed by atoms with E-state index in [4.69, 9.17) is 21.1 Å². The Morgan fingerprint density at radius 3 is 2.70 bits per heavy atom. The number of carbonyl (C=O) groups excluding carboxylic acids is 1. The van der Waals surface area contributed by atoms with E-state index >= 15 is 0 Å². The molecule has 0 saturated heterocycles. The summed E-state index contributed by atoms with van der Waals surface area (Å²) in [4.78, 5) is 11.7. The molecule has 7 heteroatoms. The predicted molar refractivity (Wildman–Crippen MR) is 93.4 cm³/mol. The van der Waals surface area contributed by atoms with E-state index in [2.05, 4.69) is 26.5 Å². The summed E-state index contributed by atoms with van der Waals surface area (Å²) in [5.74, 6) is 0.809. The summed E-state index contributed by atoms with van der Waals surface area (Å²) in [5, 5.41) is 4.28. The third-order valence-electron chi connectivity index (χ3n) is 2.77. The molecule has 0 radical (unpaired) electrons. The number of amides is 1. The fraction of sp³-hybridized carbons (Fsp3) is 0.125. The molecule has 0 saturated carbocycles. The average molecular weight is 398 g/mol. The van der Waals surface area contributed by atoms with Crippen LogP contribution in [-0.4, -0.2) is 25.8 Å². The van der Waals surface area contributed by atoms with Gasteiger partial charge in [-0.15, -0.1) is 0 Å². The zero-order chi connectivity index (χ0) is 16.7. The quantitative estimate of drug-likeness (QED) is 0.598. The van der Waals surface area contributed by atoms with E-state index in [0.717, 1.165) is 15.8 Å². The van der Waals surface area contributed by atoms with Crippen LogP contribution in [0.15, 0.2) is 52.0 Å². The number of rotatable bonds is 6. The van der Waals surface area contributed by atoms with E-state index < -0.39 is 0 Å². The molecule has 0 fully saturated rings. The predicted octanol–water partition coefficient (Wildman–Crippen LogP) is 3.64. The fourth-order valence-corrected chi connectivity index (χ4v) is 2.36. The second-order valence-electron chi connectivity index (χ2n) is 4.43. The summed E-state index contributed by atoms with van der Waals surface area (Å²) < 4.78 is 11.2. The SMILES string of the molecule is COc1ccc(C=NNC(=O)COc2ccc(Br)cc2Cl)cc1. The molecule has 1 amide bonds. The molecule has 23 heavy (non-hydrogen) atoms. The standard InChI is InChI=1S/C16H14BrClN2O3/c1-22-13-5-2-11(3-6-13)9-19-20-16(21)10-23-15-7-4-12(17)8-14(15)18/h2-9H,10H2,1H3,(H,20,21). The molecule has 2 aromatic rings. The largest absolute Gasteiger partial charge is 0.497 e. The minimum Gasteiger partial charge on any atom is -0.497 e. The van der Waals surface area contributed by atoms with Crippen LogP contribution in [0, 0.1) is 0 Å². The van der Waals surface area contributed by atoms with Gasteiger partial charge in [-0.2, -0.15) is 5.10 Å². The monoisotopic (exact) mass is 396 g/mol. The number of methoxy groups -OCH3 is 1. The lowest BCUT2D eigenvalue weighted by atomic mass is 10.2. The van der Waals surface area contributed by atoms with Crippen molar-refractivity contribution in [2.24, 2.45) is 5.10 Å². The van der Waals surface area contributed by atoms with Crippen LogP contribution in [0.1, 0.15) is 5.56 Å². The van der Waals surface area contributed by atoms with Crippen LogP contribution in [0.4, 0.5) is 0 Å². The highest BCUT2D eigenvalue weighted by molar-refractivity contribution is 9.10. The van der Waals surface area contributed by atoms with E-state index in [-0.39, 0.29) is 12.5 Å². The van der Waals surface area contributed by atoms with Gasteiger partial charge in [0, 0.05) is 4.47 Å². The number of carbonyl (C=O) groups is 1. The zero-order valence-corrected chi connectivity index (χ0v) is 14.6. The van der Waals surface area contributed by atoms with Gasteiger partial charge in [0.1, 0.15) is 11.5 Å². The first kappa shape index (κ1) is 17.3. The number of benzene rings is 2. The van der Waals surface area contributed by atoms with E-state index in [1.165, 1.54) is 6.21 Å². The zero-order valence-electron chi connectivity index (χ0n) is 12.3. The van der Waals surface area contributed by atoms with Gasteiger partial charge in [0.15, 0.2) is 6.61 Å². The third-order valence-corrected chi connectivity index (χ3v) is 3.56. The lowest BCUT2D eigenvalue weighted by Gasteiger charge is -2.07. The molecule has 0 unspecified atom stereocenters. The molecule has 0 atom stereocenters. The average Bonchev–Trinajstić information content (AvgIpc) is 2.54. The molecule has 0 heterocycles. The van der Waals surface area contributed by atoms with Crippen LogP contribution in [0.25, 0.3) is 0 Å². The van der Waals surface area contributed by atoms with Gasteiger partial charge < -0.3 is 9.47 Å². The van der Waals surface area contributed by atoms with Crippen LogP contribution in [0.5, 0.6) is 11.5 Å². The Balaban J connectivity index is 1.81. The van der Waals surface area contributed by atoms with Gasteiger partial charge in [-0.25, -0.2) is 5.43 Å². The van der Waals surface area contributed by atoms with Crippen LogP contribution >= 0.6 is 27.5 Å². The van der Waals surface area contributed by atoms with Gasteiger partial charge in [-0.1, -0.05) is 27.5 Å². The van der Waals surface area contributed by atoms with Gasteiger partial charge in [-0.3, -0.25) is 4.79 Å². The van der Waals surface area contributed by atoms with Gasteiger partial charge in [-0.05, 0) is 48.0 Å². The Morgan fingerprint density at radius 2 is 2.04 bits per heavy atom. The van der Waals surface area contributed by atoms with Crippen molar-refractivity contribution in [2.45, 2.75) is 0 Å². The second-order valence-corrected chi connectivity index (χ2v) is 5.75. The van der Waals surface area contributed by atoms with Crippen molar-refractivity contribution in [2.75, 3.05) is 13.7 Å². The molecule has 0 aromatic heterocycles. The summed E-state index contributed by atoms with van der Waals surface area (Å²) in [6.07, 6.45) is 1.53. The third kappa shape index (κ3) is 5.58. The van der Waals surface area contributed by atoms with Gasteiger partial charge in [0.05, 0.1) is 18.3 Å². The molecule has 0 bridgehead atoms. The maximum absolute atomic E-state index is 11.7. The lowest BCUT2D eigenvalue weighted by Crippen LogP contribution is -2.24. The second kappa shape index (κ2) is 8.55. The first-order chi connectivity index (χ1) is 11.1. The number of hydrazone groups is 1. The van der Waals surface area contributed by atoms with Crippen LogP contribution in [0.3, 0.4) is 0 Å². The Bertz CT molecular complexity index is 705. The Kier molecular flexibility index (Phi) is 6.43. The van der Waals surface area contributed by atoms with Crippen LogP contribution in [-0.2, 0) is 4.79 Å². The number of ether oxygens (including phenoxy) is 2. The normalized spacial score (nSPS) is 10.6. The minimum atomic E-state index is -0.381. The number of nitrogens with one attached hydrogen (secondary N) is 1. The van der Waals surface area contributed by atoms with Crippen molar-refractivity contribution in [1.82, 2.24) is 5.43 Å². The lowest BCUT2D eigenvalue weighted by molar-refractivity contribution is -0.123. The molecule has 0 spiro atoms. The van der Waals surface area contributed by atoms with Gasteiger partial charge in [0.2, 0.25) is 0 Å². The van der Waals surface area contributed by atoms with Crippen molar-refractivity contribution >= 4 is 39.7 Å². The maximum atomic E-state index is 11.7. The highest BCUT2D eigenvalue weighted by atomic mass is 79.9. The molecular weight excluding hydrogens is 384 g/mol. The highest BCUT2D eigenvalue weighted by Crippen LogP contribution is 2.27. The van der Waals surface area contributed by atoms with Crippen LogP contribution < -0.4 is 14.9 Å². The van der Waals surface area contributed by atoms with Gasteiger partial charge in [0.25, 0.3) is 5.91 Å². The molecule has 0 aliphatic rings. The Morgan fingerprint density at radius 1 is 1.30 bits per heavy atom. The first-order valence-electron chi connectivity index (χ1n) is 6.62. The van der Waals surface area contributed by atoms with Crippen molar-refractivity contribution in [1.29, 1.82) is 0 Å². The van der Waals surface area contributed by atoms with Crippen molar-refractivity contribution < 1.29 is 14.3 Å². The number of hydrogen-bond donors (Lipinski definition) is 1. The van der Waals surface area contributed by atoms with Crippen LogP contribution in [0.2, 0.25) is 5.02 Å². The summed E-state index contributed by atoms with van der Waals surface area (Å²) >= 11 is 9.29. The number of halogens is 2. The van der Waals surface area contributed by atoms with Crippen molar-refractivity contribution in [3.05, 3.63) is 57.5 Å². The van der Waals surface area contributed by atoms with E-state index in [1.807, 2.05) is 24.3 Å². The molecule has 2 aromatic carbocycles. The summed E-state index contributed by atoms with van der Waals surface area (Å²) in [6.45, 7) is -0.179. The smallest absolute Gasteiger partial charge is 0.277 e. The molecule has 2 rings (SSSR count). The van der Waals surface area contributed by atoms with Crippen molar-refractivity contribution in [3.63, 3.8) is 0 Å². The topological polar surface area (TPSA) is 59.9 Å². The maximum Gasteiger partial charge on any atom is 0.277 e. The Labute approximate surface area is 147 Å². The summed E-state index contributed by atoms with van der Waals surface area (Å²) in [5.41, 5.74) is 3.22. The van der Waals surface area contributed by atoms with E-state index in [0.29, 0.717) is 10.8 Å².